The summed E-state index contributed by atoms with van der Waals surface area (Å²) in [5, 5.41) is 0. The van der Waals surface area contributed by atoms with Gasteiger partial charge in [-0.05, 0) is 37.5 Å². The Hall–Kier alpha value is -1.75. The SMILES string of the molecule is O=C1C(=O)N(CCC2CCCO2)c2ccc(F)cc21. The lowest BCUT2D eigenvalue weighted by atomic mass is 10.1. The molecular formula is C14H14FNO3. The standard InChI is InChI=1S/C14H14FNO3/c15-9-3-4-12-11(8-9)13(17)14(18)16(12)6-5-10-2-1-7-19-10/h3-4,8,10H,1-2,5-7H2. The number of hydrogen-bond acceptors (Lipinski definition) is 3. The molecule has 19 heavy (non-hydrogen) atoms. The summed E-state index contributed by atoms with van der Waals surface area (Å²) in [6.07, 6.45) is 2.90. The molecule has 1 unspecified atom stereocenters. The van der Waals surface area contributed by atoms with Gasteiger partial charge in [0.2, 0.25) is 0 Å². The van der Waals surface area contributed by atoms with Gasteiger partial charge in [0.05, 0.1) is 17.4 Å². The molecule has 0 N–H and O–H groups in total. The summed E-state index contributed by atoms with van der Waals surface area (Å²) >= 11 is 0. The Labute approximate surface area is 110 Å². The second-order valence-corrected chi connectivity index (χ2v) is 4.87. The van der Waals surface area contributed by atoms with Gasteiger partial charge < -0.3 is 9.64 Å². The van der Waals surface area contributed by atoms with Gasteiger partial charge >= 0.3 is 0 Å². The molecule has 2 aliphatic rings. The summed E-state index contributed by atoms with van der Waals surface area (Å²) in [6, 6.07) is 3.88. The van der Waals surface area contributed by atoms with E-state index in [-0.39, 0.29) is 11.7 Å². The number of amides is 1. The lowest BCUT2D eigenvalue weighted by Crippen LogP contribution is -2.32. The second kappa shape index (κ2) is 4.74. The number of ether oxygens (including phenoxy) is 1. The summed E-state index contributed by atoms with van der Waals surface area (Å²) in [5.41, 5.74) is 0.673. The highest BCUT2D eigenvalue weighted by Crippen LogP contribution is 2.30. The van der Waals surface area contributed by atoms with Crippen LogP contribution in [0.2, 0.25) is 0 Å². The molecule has 0 saturated carbocycles. The highest BCUT2D eigenvalue weighted by atomic mass is 19.1. The Balaban J connectivity index is 1.78. The Morgan fingerprint density at radius 3 is 2.95 bits per heavy atom. The van der Waals surface area contributed by atoms with E-state index in [4.69, 9.17) is 4.74 Å². The molecule has 1 saturated heterocycles. The van der Waals surface area contributed by atoms with Crippen molar-refractivity contribution in [1.29, 1.82) is 0 Å². The molecule has 2 heterocycles. The molecule has 2 aliphatic heterocycles. The van der Waals surface area contributed by atoms with Crippen molar-refractivity contribution in [3.63, 3.8) is 0 Å². The molecule has 0 spiro atoms. The number of ketones is 1. The molecule has 0 aromatic heterocycles. The van der Waals surface area contributed by atoms with E-state index < -0.39 is 17.5 Å². The van der Waals surface area contributed by atoms with Crippen LogP contribution in [0.4, 0.5) is 10.1 Å². The maximum atomic E-state index is 13.1. The first-order valence-electron chi connectivity index (χ1n) is 6.44. The van der Waals surface area contributed by atoms with Crippen molar-refractivity contribution in [1.82, 2.24) is 0 Å². The maximum absolute atomic E-state index is 13.1. The fraction of sp³-hybridized carbons (Fsp3) is 0.429. The number of carbonyl (C=O) groups is 2. The summed E-state index contributed by atoms with van der Waals surface area (Å²) in [6.45, 7) is 1.20. The van der Waals surface area contributed by atoms with Crippen LogP contribution in [-0.4, -0.2) is 30.9 Å². The van der Waals surface area contributed by atoms with E-state index in [1.54, 1.807) is 0 Å². The molecule has 1 aromatic rings. The van der Waals surface area contributed by atoms with E-state index in [9.17, 15) is 14.0 Å². The van der Waals surface area contributed by atoms with Gasteiger partial charge in [-0.2, -0.15) is 0 Å². The average molecular weight is 263 g/mol. The highest BCUT2D eigenvalue weighted by Gasteiger charge is 2.36. The van der Waals surface area contributed by atoms with Crippen molar-refractivity contribution in [3.8, 4) is 0 Å². The van der Waals surface area contributed by atoms with E-state index in [1.807, 2.05) is 0 Å². The topological polar surface area (TPSA) is 46.6 Å². The van der Waals surface area contributed by atoms with Gasteiger partial charge in [-0.25, -0.2) is 4.39 Å². The third kappa shape index (κ3) is 2.14. The maximum Gasteiger partial charge on any atom is 0.299 e. The Morgan fingerprint density at radius 1 is 1.37 bits per heavy atom. The monoisotopic (exact) mass is 263 g/mol. The zero-order valence-electron chi connectivity index (χ0n) is 10.4. The van der Waals surface area contributed by atoms with Crippen molar-refractivity contribution in [3.05, 3.63) is 29.6 Å². The lowest BCUT2D eigenvalue weighted by molar-refractivity contribution is -0.114. The Morgan fingerprint density at radius 2 is 2.21 bits per heavy atom. The number of carbonyl (C=O) groups excluding carboxylic acids is 2. The van der Waals surface area contributed by atoms with Gasteiger partial charge in [0.25, 0.3) is 11.7 Å². The number of benzene rings is 1. The minimum atomic E-state index is -0.623. The van der Waals surface area contributed by atoms with Crippen LogP contribution >= 0.6 is 0 Å². The predicted molar refractivity (Wildman–Crippen MR) is 66.7 cm³/mol. The third-order valence-corrected chi connectivity index (χ3v) is 3.63. The first kappa shape index (κ1) is 12.3. The molecule has 1 fully saturated rings. The predicted octanol–water partition coefficient (Wildman–Crippen LogP) is 1.92. The van der Waals surface area contributed by atoms with Crippen LogP contribution < -0.4 is 4.90 Å². The average Bonchev–Trinajstić information content (AvgIpc) is 2.98. The van der Waals surface area contributed by atoms with Crippen molar-refractivity contribution in [2.24, 2.45) is 0 Å². The lowest BCUT2D eigenvalue weighted by Gasteiger charge is -2.18. The molecule has 3 rings (SSSR count). The summed E-state index contributed by atoms with van der Waals surface area (Å²) in [4.78, 5) is 25.1. The third-order valence-electron chi connectivity index (χ3n) is 3.63. The van der Waals surface area contributed by atoms with Crippen LogP contribution in [0.25, 0.3) is 0 Å². The molecule has 100 valence electrons. The summed E-state index contributed by atoms with van der Waals surface area (Å²) < 4.78 is 18.6. The van der Waals surface area contributed by atoms with E-state index in [0.29, 0.717) is 18.7 Å². The fourth-order valence-corrected chi connectivity index (χ4v) is 2.64. The van der Waals surface area contributed by atoms with Crippen LogP contribution in [0, 0.1) is 5.82 Å². The normalized spacial score (nSPS) is 22.2. The van der Waals surface area contributed by atoms with E-state index in [1.165, 1.54) is 17.0 Å². The number of nitrogens with zero attached hydrogens (tertiary/aromatic N) is 1. The highest BCUT2D eigenvalue weighted by molar-refractivity contribution is 6.52. The number of anilines is 1. The first-order valence-corrected chi connectivity index (χ1v) is 6.44. The number of fused-ring (bicyclic) bond motifs is 1. The van der Waals surface area contributed by atoms with E-state index in [2.05, 4.69) is 0 Å². The molecule has 0 radical (unpaired) electrons. The number of hydrogen-bond donors (Lipinski definition) is 0. The molecule has 4 nitrogen and oxygen atoms in total. The van der Waals surface area contributed by atoms with Crippen LogP contribution in [0.5, 0.6) is 0 Å². The molecule has 1 atom stereocenters. The van der Waals surface area contributed by atoms with E-state index in [0.717, 1.165) is 25.5 Å². The number of Topliss-reactive ketones (excluding diaryl/α,β-unsaturated/α-hetero) is 1. The van der Waals surface area contributed by atoms with Crippen molar-refractivity contribution in [2.75, 3.05) is 18.1 Å². The van der Waals surface area contributed by atoms with Crippen LogP contribution in [-0.2, 0) is 9.53 Å². The number of rotatable bonds is 3. The van der Waals surface area contributed by atoms with Crippen molar-refractivity contribution < 1.29 is 18.7 Å². The molecule has 1 amide bonds. The molecular weight excluding hydrogens is 249 g/mol. The van der Waals surface area contributed by atoms with E-state index >= 15 is 0 Å². The largest absolute Gasteiger partial charge is 0.378 e. The fourth-order valence-electron chi connectivity index (χ4n) is 2.64. The zero-order chi connectivity index (χ0) is 13.4. The Bertz CT molecular complexity index is 537. The van der Waals surface area contributed by atoms with Gasteiger partial charge in [0.1, 0.15) is 5.82 Å². The van der Waals surface area contributed by atoms with Crippen molar-refractivity contribution >= 4 is 17.4 Å². The second-order valence-electron chi connectivity index (χ2n) is 4.87. The quantitative estimate of drug-likeness (QED) is 0.783. The minimum absolute atomic E-state index is 0.160. The van der Waals surface area contributed by atoms with Crippen LogP contribution in [0.3, 0.4) is 0 Å². The van der Waals surface area contributed by atoms with Gasteiger partial charge in [0.15, 0.2) is 0 Å². The van der Waals surface area contributed by atoms with Gasteiger partial charge in [-0.15, -0.1) is 0 Å². The summed E-state index contributed by atoms with van der Waals surface area (Å²) in [7, 11) is 0. The van der Waals surface area contributed by atoms with Crippen molar-refractivity contribution in [2.45, 2.75) is 25.4 Å². The van der Waals surface area contributed by atoms with Gasteiger partial charge in [-0.1, -0.05) is 0 Å². The molecule has 1 aromatic carbocycles. The minimum Gasteiger partial charge on any atom is -0.378 e. The van der Waals surface area contributed by atoms with Gasteiger partial charge in [-0.3, -0.25) is 9.59 Å². The molecule has 5 heteroatoms. The molecule has 0 bridgehead atoms. The Kier molecular flexibility index (Phi) is 3.06. The van der Waals surface area contributed by atoms with Gasteiger partial charge in [0, 0.05) is 13.2 Å². The van der Waals surface area contributed by atoms with Crippen LogP contribution in [0.1, 0.15) is 29.6 Å². The zero-order valence-corrected chi connectivity index (χ0v) is 10.4. The smallest absolute Gasteiger partial charge is 0.299 e. The first-order chi connectivity index (χ1) is 9.16. The van der Waals surface area contributed by atoms with Crippen LogP contribution in [0.15, 0.2) is 18.2 Å². The molecule has 0 aliphatic carbocycles. The number of halogens is 1. The summed E-state index contributed by atoms with van der Waals surface area (Å²) in [5.74, 6) is -1.69.